The van der Waals surface area contributed by atoms with E-state index in [4.69, 9.17) is 0 Å². The molecule has 108 valence electrons. The number of benzene rings is 2. The lowest BCUT2D eigenvalue weighted by atomic mass is 9.99. The second kappa shape index (κ2) is 6.77. The van der Waals surface area contributed by atoms with E-state index in [2.05, 4.69) is 72.6 Å². The summed E-state index contributed by atoms with van der Waals surface area (Å²) in [6.45, 7) is 2.15. The van der Waals surface area contributed by atoms with Crippen molar-refractivity contribution < 1.29 is 0 Å². The Kier molecular flexibility index (Phi) is 4.35. The first-order valence-corrected chi connectivity index (χ1v) is 7.47. The molecule has 22 heavy (non-hydrogen) atoms. The Labute approximate surface area is 131 Å². The first-order valence-electron chi connectivity index (χ1n) is 7.47. The largest absolute Gasteiger partial charge is 0.367 e. The molecule has 0 spiro atoms. The van der Waals surface area contributed by atoms with Crippen LogP contribution >= 0.6 is 0 Å². The number of rotatable bonds is 2. The molecular weight excluding hydrogens is 266 g/mol. The van der Waals surface area contributed by atoms with E-state index in [0.29, 0.717) is 0 Å². The molecule has 0 atom stereocenters. The molecule has 0 fully saturated rings. The predicted molar refractivity (Wildman–Crippen MR) is 94.0 cm³/mol. The molecule has 0 aliphatic heterocycles. The standard InChI is InChI=1S/C21H19N/c1-17-9-8-14-22-16-20(18-10-4-2-5-11-18)15-21(17)19-12-6-3-7-13-19/h2-16,22H,1H3. The van der Waals surface area contributed by atoms with E-state index in [9.17, 15) is 0 Å². The van der Waals surface area contributed by atoms with Gasteiger partial charge >= 0.3 is 0 Å². The fourth-order valence-corrected chi connectivity index (χ4v) is 2.51. The summed E-state index contributed by atoms with van der Waals surface area (Å²) in [4.78, 5) is 3.24. The molecule has 2 aromatic carbocycles. The van der Waals surface area contributed by atoms with Crippen LogP contribution in [-0.2, 0) is 0 Å². The van der Waals surface area contributed by atoms with Crippen LogP contribution in [0.15, 0.2) is 91.3 Å². The summed E-state index contributed by atoms with van der Waals surface area (Å²) in [7, 11) is 0. The molecule has 1 heteroatoms. The molecule has 0 saturated heterocycles. The third-order valence-electron chi connectivity index (χ3n) is 3.69. The van der Waals surface area contributed by atoms with Crippen LogP contribution in [0.2, 0.25) is 0 Å². The summed E-state index contributed by atoms with van der Waals surface area (Å²) in [5, 5.41) is 0. The molecule has 0 amide bonds. The molecule has 1 N–H and O–H groups in total. The van der Waals surface area contributed by atoms with E-state index in [1.165, 1.54) is 27.8 Å². The van der Waals surface area contributed by atoms with Gasteiger partial charge < -0.3 is 4.98 Å². The van der Waals surface area contributed by atoms with Gasteiger partial charge in [-0.3, -0.25) is 0 Å². The maximum Gasteiger partial charge on any atom is 0.00838 e. The Morgan fingerprint density at radius 3 is 1.95 bits per heavy atom. The topological polar surface area (TPSA) is 15.8 Å². The van der Waals surface area contributed by atoms with E-state index < -0.39 is 0 Å². The van der Waals surface area contributed by atoms with Crippen molar-refractivity contribution in [1.82, 2.24) is 4.98 Å². The number of hydrogen-bond acceptors (Lipinski definition) is 0. The van der Waals surface area contributed by atoms with Gasteiger partial charge in [0.25, 0.3) is 0 Å². The first-order chi connectivity index (χ1) is 10.8. The van der Waals surface area contributed by atoms with Crippen molar-refractivity contribution >= 4 is 0 Å². The van der Waals surface area contributed by atoms with Crippen LogP contribution in [0.1, 0.15) is 5.56 Å². The van der Waals surface area contributed by atoms with E-state index in [1.807, 2.05) is 30.6 Å². The number of nitrogens with one attached hydrogen (secondary N) is 1. The monoisotopic (exact) mass is 285 g/mol. The normalized spacial score (nSPS) is 10.0. The van der Waals surface area contributed by atoms with Crippen LogP contribution < -0.4 is 0 Å². The number of H-pyrrole nitrogens is 1. The summed E-state index contributed by atoms with van der Waals surface area (Å²) in [6.07, 6.45) is 4.00. The summed E-state index contributed by atoms with van der Waals surface area (Å²) in [5.41, 5.74) is 6.08. The fraction of sp³-hybridized carbons (Fsp3) is 0.0476. The van der Waals surface area contributed by atoms with Gasteiger partial charge in [-0.1, -0.05) is 66.7 Å². The Bertz CT molecular complexity index is 784. The lowest BCUT2D eigenvalue weighted by Crippen LogP contribution is -1.82. The Morgan fingerprint density at radius 2 is 1.27 bits per heavy atom. The number of aryl methyl sites for hydroxylation is 1. The highest BCUT2D eigenvalue weighted by molar-refractivity contribution is 5.73. The van der Waals surface area contributed by atoms with Crippen molar-refractivity contribution in [3.63, 3.8) is 0 Å². The molecule has 1 heterocycles. The molecule has 1 nitrogen and oxygen atoms in total. The van der Waals surface area contributed by atoms with Gasteiger partial charge in [-0.15, -0.1) is 0 Å². The van der Waals surface area contributed by atoms with Gasteiger partial charge in [-0.05, 0) is 46.9 Å². The van der Waals surface area contributed by atoms with Gasteiger partial charge in [0.1, 0.15) is 0 Å². The van der Waals surface area contributed by atoms with Crippen LogP contribution in [0.25, 0.3) is 22.3 Å². The molecule has 3 rings (SSSR count). The third kappa shape index (κ3) is 3.26. The van der Waals surface area contributed by atoms with Gasteiger partial charge in [-0.2, -0.15) is 0 Å². The van der Waals surface area contributed by atoms with Crippen molar-refractivity contribution in [2.75, 3.05) is 0 Å². The SMILES string of the molecule is Cc1ccc[nH]cc(-c2ccccc2)cc1-c1ccccc1. The Morgan fingerprint density at radius 1 is 0.636 bits per heavy atom. The Hall–Kier alpha value is -2.80. The lowest BCUT2D eigenvalue weighted by molar-refractivity contribution is 1.35. The minimum atomic E-state index is 1.17. The summed E-state index contributed by atoms with van der Waals surface area (Å²) in [6, 6.07) is 27.4. The average molecular weight is 285 g/mol. The van der Waals surface area contributed by atoms with Crippen LogP contribution in [0, 0.1) is 6.92 Å². The van der Waals surface area contributed by atoms with Gasteiger partial charge in [0, 0.05) is 12.4 Å². The second-order valence-corrected chi connectivity index (χ2v) is 5.27. The van der Waals surface area contributed by atoms with Crippen LogP contribution in [0.4, 0.5) is 0 Å². The smallest absolute Gasteiger partial charge is 0.00838 e. The second-order valence-electron chi connectivity index (χ2n) is 5.27. The third-order valence-corrected chi connectivity index (χ3v) is 3.69. The minimum Gasteiger partial charge on any atom is -0.367 e. The summed E-state index contributed by atoms with van der Waals surface area (Å²) < 4.78 is 0. The number of aromatic amines is 1. The van der Waals surface area contributed by atoms with Crippen molar-refractivity contribution in [2.45, 2.75) is 6.92 Å². The Balaban J connectivity index is 2.27. The van der Waals surface area contributed by atoms with Gasteiger partial charge in [-0.25, -0.2) is 0 Å². The molecule has 1 aromatic heterocycles. The van der Waals surface area contributed by atoms with E-state index in [0.717, 1.165) is 0 Å². The maximum atomic E-state index is 3.24. The van der Waals surface area contributed by atoms with Crippen LogP contribution in [-0.4, -0.2) is 4.98 Å². The number of aromatic nitrogens is 1. The predicted octanol–water partition coefficient (Wildman–Crippen LogP) is 5.78. The zero-order valence-electron chi connectivity index (χ0n) is 12.7. The van der Waals surface area contributed by atoms with Crippen molar-refractivity contribution in [3.05, 3.63) is 96.8 Å². The summed E-state index contributed by atoms with van der Waals surface area (Å²) >= 11 is 0. The minimum absolute atomic E-state index is 1.17. The first kappa shape index (κ1) is 14.2. The van der Waals surface area contributed by atoms with Crippen molar-refractivity contribution in [3.8, 4) is 22.3 Å². The molecule has 0 unspecified atom stereocenters. The molecule has 0 radical (unpaired) electrons. The molecule has 0 bridgehead atoms. The van der Waals surface area contributed by atoms with Gasteiger partial charge in [0.05, 0.1) is 0 Å². The highest BCUT2D eigenvalue weighted by Gasteiger charge is 2.02. The quantitative estimate of drug-likeness (QED) is 0.614. The highest BCUT2D eigenvalue weighted by atomic mass is 14.6. The van der Waals surface area contributed by atoms with Gasteiger partial charge in [0.15, 0.2) is 0 Å². The highest BCUT2D eigenvalue weighted by Crippen LogP contribution is 2.26. The zero-order valence-corrected chi connectivity index (χ0v) is 12.7. The van der Waals surface area contributed by atoms with Crippen LogP contribution in [0.3, 0.4) is 0 Å². The fourth-order valence-electron chi connectivity index (χ4n) is 2.51. The maximum absolute atomic E-state index is 3.24. The zero-order chi connectivity index (χ0) is 15.2. The average Bonchev–Trinajstić information content (AvgIpc) is 2.67. The molecule has 0 aliphatic carbocycles. The van der Waals surface area contributed by atoms with Crippen LogP contribution in [0.5, 0.6) is 0 Å². The van der Waals surface area contributed by atoms with E-state index >= 15 is 0 Å². The lowest BCUT2D eigenvalue weighted by Gasteiger charge is -2.05. The van der Waals surface area contributed by atoms with Crippen molar-refractivity contribution in [1.29, 1.82) is 0 Å². The molecular formula is C21H19N. The van der Waals surface area contributed by atoms with E-state index in [-0.39, 0.29) is 0 Å². The van der Waals surface area contributed by atoms with Crippen molar-refractivity contribution in [2.24, 2.45) is 0 Å². The molecule has 0 aliphatic rings. The van der Waals surface area contributed by atoms with E-state index in [1.54, 1.807) is 0 Å². The summed E-state index contributed by atoms with van der Waals surface area (Å²) in [5.74, 6) is 0. The number of hydrogen-bond donors (Lipinski definition) is 1. The molecule has 0 saturated carbocycles. The molecule has 3 aromatic rings. The van der Waals surface area contributed by atoms with Gasteiger partial charge in [0.2, 0.25) is 0 Å².